The Labute approximate surface area is 164 Å². The van der Waals surface area contributed by atoms with Gasteiger partial charge in [0.1, 0.15) is 0 Å². The Hall–Kier alpha value is -2.71. The van der Waals surface area contributed by atoms with Crippen molar-refractivity contribution < 1.29 is 19.5 Å². The maximum absolute atomic E-state index is 12.8. The monoisotopic (exact) mass is 389 g/mol. The van der Waals surface area contributed by atoms with Crippen LogP contribution in [0.1, 0.15) is 44.9 Å². The van der Waals surface area contributed by atoms with E-state index in [9.17, 15) is 14.4 Å². The molecule has 3 heterocycles. The van der Waals surface area contributed by atoms with Crippen molar-refractivity contribution in [3.05, 3.63) is 18.5 Å². The van der Waals surface area contributed by atoms with E-state index in [0.29, 0.717) is 57.7 Å². The van der Waals surface area contributed by atoms with Gasteiger partial charge in [-0.3, -0.25) is 14.4 Å². The normalized spacial score (nSPS) is 22.6. The Morgan fingerprint density at radius 3 is 2.54 bits per heavy atom. The molecular formula is C19H27N5O4. The number of hydrogen-bond acceptors (Lipinski definition) is 6. The Morgan fingerprint density at radius 1 is 1.11 bits per heavy atom. The van der Waals surface area contributed by atoms with Crippen molar-refractivity contribution in [3.8, 4) is 0 Å². The highest BCUT2D eigenvalue weighted by molar-refractivity contribution is 5.80. The highest BCUT2D eigenvalue weighted by Crippen LogP contribution is 2.30. The average Bonchev–Trinajstić information content (AvgIpc) is 2.91. The average molecular weight is 389 g/mol. The van der Waals surface area contributed by atoms with Crippen molar-refractivity contribution in [2.45, 2.75) is 50.5 Å². The Morgan fingerprint density at radius 2 is 1.86 bits per heavy atom. The van der Waals surface area contributed by atoms with Gasteiger partial charge in [0.15, 0.2) is 0 Å². The first kappa shape index (κ1) is 20.0. The number of carboxylic acids is 1. The number of carboxylic acid groups (broad SMARTS) is 1. The smallest absolute Gasteiger partial charge is 0.303 e. The highest BCUT2D eigenvalue weighted by Gasteiger charge is 2.38. The van der Waals surface area contributed by atoms with Crippen LogP contribution >= 0.6 is 0 Å². The van der Waals surface area contributed by atoms with E-state index in [0.717, 1.165) is 13.0 Å². The van der Waals surface area contributed by atoms with Crippen LogP contribution in [0.2, 0.25) is 0 Å². The molecule has 2 saturated heterocycles. The topological polar surface area (TPSA) is 116 Å². The number of carbonyl (C=O) groups is 3. The first-order valence-corrected chi connectivity index (χ1v) is 9.80. The van der Waals surface area contributed by atoms with Crippen molar-refractivity contribution in [3.63, 3.8) is 0 Å². The second kappa shape index (κ2) is 8.99. The lowest BCUT2D eigenvalue weighted by molar-refractivity contribution is -0.137. The molecule has 9 nitrogen and oxygen atoms in total. The van der Waals surface area contributed by atoms with E-state index in [1.165, 1.54) is 0 Å². The van der Waals surface area contributed by atoms with Crippen LogP contribution in [0.3, 0.4) is 0 Å². The molecule has 0 radical (unpaired) electrons. The summed E-state index contributed by atoms with van der Waals surface area (Å²) in [6, 6.07) is 1.78. The van der Waals surface area contributed by atoms with Gasteiger partial charge >= 0.3 is 5.97 Å². The Kier molecular flexibility index (Phi) is 6.43. The number of aliphatic carboxylic acids is 1. The molecule has 1 aromatic rings. The van der Waals surface area contributed by atoms with E-state index < -0.39 is 11.5 Å². The number of nitrogens with one attached hydrogen (secondary N) is 1. The summed E-state index contributed by atoms with van der Waals surface area (Å²) >= 11 is 0. The van der Waals surface area contributed by atoms with Crippen LogP contribution in [-0.2, 0) is 14.4 Å². The molecule has 152 valence electrons. The summed E-state index contributed by atoms with van der Waals surface area (Å²) in [5, 5.41) is 11.9. The van der Waals surface area contributed by atoms with Crippen molar-refractivity contribution in [1.29, 1.82) is 0 Å². The number of amides is 2. The predicted octanol–water partition coefficient (Wildman–Crippen LogP) is 0.809. The minimum atomic E-state index is -0.886. The summed E-state index contributed by atoms with van der Waals surface area (Å²) in [6.45, 7) is 2.76. The van der Waals surface area contributed by atoms with Gasteiger partial charge in [-0.2, -0.15) is 0 Å². The molecule has 0 spiro atoms. The molecule has 0 aromatic carbocycles. The van der Waals surface area contributed by atoms with E-state index in [1.54, 1.807) is 18.5 Å². The van der Waals surface area contributed by atoms with Crippen LogP contribution in [0.4, 0.5) is 5.95 Å². The third-order valence-corrected chi connectivity index (χ3v) is 5.55. The molecule has 1 aromatic heterocycles. The quantitative estimate of drug-likeness (QED) is 0.709. The van der Waals surface area contributed by atoms with Gasteiger partial charge < -0.3 is 20.2 Å². The van der Waals surface area contributed by atoms with Gasteiger partial charge in [-0.1, -0.05) is 0 Å². The molecule has 1 atom stereocenters. The van der Waals surface area contributed by atoms with Gasteiger partial charge in [-0.25, -0.2) is 9.97 Å². The van der Waals surface area contributed by atoms with E-state index in [-0.39, 0.29) is 18.2 Å². The number of hydrogen-bond donors (Lipinski definition) is 2. The van der Waals surface area contributed by atoms with Crippen LogP contribution in [0.15, 0.2) is 18.5 Å². The molecule has 0 saturated carbocycles. The summed E-state index contributed by atoms with van der Waals surface area (Å²) in [7, 11) is 0. The van der Waals surface area contributed by atoms with Crippen LogP contribution < -0.4 is 10.2 Å². The standard InChI is InChI=1S/C19H27N5O4/c25-15-3-6-19(22-15,8-5-17(27)28)7-4-16(26)23-11-2-12-24(14-13-23)18-20-9-1-10-21-18/h1,9-10H,2-8,11-14H2,(H,22,25)(H,27,28)/t19-/m0/s1. The minimum Gasteiger partial charge on any atom is -0.481 e. The summed E-state index contributed by atoms with van der Waals surface area (Å²) in [5.41, 5.74) is -0.569. The zero-order chi connectivity index (χ0) is 20.0. The number of anilines is 1. The molecule has 2 amide bonds. The summed E-state index contributed by atoms with van der Waals surface area (Å²) in [5.74, 6) is -0.224. The van der Waals surface area contributed by atoms with Crippen molar-refractivity contribution in [1.82, 2.24) is 20.2 Å². The van der Waals surface area contributed by atoms with Gasteiger partial charge in [-0.15, -0.1) is 0 Å². The van der Waals surface area contributed by atoms with E-state index in [2.05, 4.69) is 20.2 Å². The number of rotatable bonds is 7. The van der Waals surface area contributed by atoms with E-state index in [1.807, 2.05) is 4.90 Å². The third-order valence-electron chi connectivity index (χ3n) is 5.55. The number of carbonyl (C=O) groups excluding carboxylic acids is 2. The Bertz CT molecular complexity index is 714. The van der Waals surface area contributed by atoms with Crippen LogP contribution in [0.25, 0.3) is 0 Å². The molecule has 3 rings (SSSR count). The fourth-order valence-corrected chi connectivity index (χ4v) is 3.95. The van der Waals surface area contributed by atoms with Crippen LogP contribution in [0.5, 0.6) is 0 Å². The molecule has 0 unspecified atom stereocenters. The fourth-order valence-electron chi connectivity index (χ4n) is 3.95. The fraction of sp³-hybridized carbons (Fsp3) is 0.632. The van der Waals surface area contributed by atoms with Gasteiger partial charge in [-0.05, 0) is 31.7 Å². The SMILES string of the molecule is O=C(O)CC[C@@]1(CCC(=O)N2CCCN(c3ncccn3)CC2)CCC(=O)N1. The summed E-state index contributed by atoms with van der Waals surface area (Å²) in [4.78, 5) is 47.9. The van der Waals surface area contributed by atoms with Gasteiger partial charge in [0.2, 0.25) is 17.8 Å². The maximum atomic E-state index is 12.8. The molecule has 2 aliphatic rings. The molecule has 2 N–H and O–H groups in total. The lowest BCUT2D eigenvalue weighted by atomic mass is 9.86. The van der Waals surface area contributed by atoms with Crippen molar-refractivity contribution >= 4 is 23.7 Å². The molecule has 0 aliphatic carbocycles. The lowest BCUT2D eigenvalue weighted by Gasteiger charge is -2.30. The third kappa shape index (κ3) is 5.17. The van der Waals surface area contributed by atoms with Crippen molar-refractivity contribution in [2.75, 3.05) is 31.1 Å². The zero-order valence-corrected chi connectivity index (χ0v) is 16.0. The largest absolute Gasteiger partial charge is 0.481 e. The molecule has 2 aliphatic heterocycles. The molecule has 0 bridgehead atoms. The predicted molar refractivity (Wildman–Crippen MR) is 102 cm³/mol. The molecular weight excluding hydrogens is 362 g/mol. The highest BCUT2D eigenvalue weighted by atomic mass is 16.4. The van der Waals surface area contributed by atoms with Gasteiger partial charge in [0.05, 0.1) is 0 Å². The second-order valence-corrected chi connectivity index (χ2v) is 7.49. The first-order valence-electron chi connectivity index (χ1n) is 9.80. The first-order chi connectivity index (χ1) is 13.5. The molecule has 28 heavy (non-hydrogen) atoms. The van der Waals surface area contributed by atoms with Crippen molar-refractivity contribution in [2.24, 2.45) is 0 Å². The zero-order valence-electron chi connectivity index (χ0n) is 16.0. The lowest BCUT2D eigenvalue weighted by Crippen LogP contribution is -2.43. The molecule has 2 fully saturated rings. The summed E-state index contributed by atoms with van der Waals surface area (Å²) < 4.78 is 0. The minimum absolute atomic E-state index is 0.00970. The maximum Gasteiger partial charge on any atom is 0.303 e. The number of nitrogens with zero attached hydrogens (tertiary/aromatic N) is 4. The molecule has 9 heteroatoms. The summed E-state index contributed by atoms with van der Waals surface area (Å²) in [6.07, 6.45) is 6.38. The second-order valence-electron chi connectivity index (χ2n) is 7.49. The van der Waals surface area contributed by atoms with Crippen LogP contribution in [-0.4, -0.2) is 69.5 Å². The van der Waals surface area contributed by atoms with Gasteiger partial charge in [0.25, 0.3) is 0 Å². The van der Waals surface area contributed by atoms with E-state index >= 15 is 0 Å². The van der Waals surface area contributed by atoms with E-state index in [4.69, 9.17) is 5.11 Å². The van der Waals surface area contributed by atoms with Gasteiger partial charge in [0, 0.05) is 63.4 Å². The Balaban J connectivity index is 1.53. The number of aromatic nitrogens is 2. The van der Waals surface area contributed by atoms with Crippen LogP contribution in [0, 0.1) is 0 Å².